The van der Waals surface area contributed by atoms with Gasteiger partial charge in [-0.2, -0.15) is 17.2 Å². The van der Waals surface area contributed by atoms with Gasteiger partial charge in [0, 0.05) is 33.1 Å². The average molecular weight is 753 g/mol. The second-order valence-corrected chi connectivity index (χ2v) is 16.3. The molecule has 0 aromatic rings. The van der Waals surface area contributed by atoms with E-state index in [2.05, 4.69) is 11.7 Å². The summed E-state index contributed by atoms with van der Waals surface area (Å²) in [4.78, 5) is 60.0. The topological polar surface area (TPSA) is 186 Å². The van der Waals surface area contributed by atoms with Gasteiger partial charge >= 0.3 is 45.2 Å². The van der Waals surface area contributed by atoms with Crippen LogP contribution in [0.25, 0.3) is 0 Å². The summed E-state index contributed by atoms with van der Waals surface area (Å²) in [5, 5.41) is -5.13. The van der Waals surface area contributed by atoms with Crippen LogP contribution in [0.1, 0.15) is 112 Å². The average Bonchev–Trinajstić information content (AvgIpc) is 3.51. The van der Waals surface area contributed by atoms with Crippen molar-refractivity contribution in [1.82, 2.24) is 0 Å². The maximum atomic E-state index is 13.3. The number of ether oxygens (including phenoxy) is 5. The van der Waals surface area contributed by atoms with E-state index in [0.717, 1.165) is 32.1 Å². The summed E-state index contributed by atoms with van der Waals surface area (Å²) in [5.74, 6) is -3.40. The Kier molecular flexibility index (Phi) is 14.8. The lowest BCUT2D eigenvalue weighted by Crippen LogP contribution is -2.56. The fourth-order valence-corrected chi connectivity index (χ4v) is 9.25. The van der Waals surface area contributed by atoms with Crippen molar-refractivity contribution in [2.75, 3.05) is 13.2 Å². The molecule has 1 N–H and O–H groups in total. The minimum absolute atomic E-state index is 0.00288. The van der Waals surface area contributed by atoms with Crippen LogP contribution >= 0.6 is 0 Å². The molecule has 3 unspecified atom stereocenters. The zero-order valence-electron chi connectivity index (χ0n) is 30.4. The molecular weight excluding hydrogens is 698 g/mol. The van der Waals surface area contributed by atoms with Crippen molar-refractivity contribution in [2.45, 2.75) is 136 Å². The fraction of sp³-hybridized carbons (Fsp3) is 0.857. The van der Waals surface area contributed by atoms with E-state index >= 15 is 0 Å². The van der Waals surface area contributed by atoms with Gasteiger partial charge in [0.15, 0.2) is 0 Å². The second kappa shape index (κ2) is 17.8. The first-order valence-electron chi connectivity index (χ1n) is 17.9. The molecule has 3 rings (SSSR count). The summed E-state index contributed by atoms with van der Waals surface area (Å²) < 4.78 is 83.0. The van der Waals surface area contributed by atoms with Crippen molar-refractivity contribution in [3.8, 4) is 0 Å². The highest BCUT2D eigenvalue weighted by Gasteiger charge is 2.58. The first-order valence-corrected chi connectivity index (χ1v) is 19.3. The van der Waals surface area contributed by atoms with Crippen LogP contribution in [0.15, 0.2) is 0 Å². The standard InChI is InChI=1S/C35H54F2O13S/c1-7-27(48-21(3)38)19-29-32(30(50-23(5)40)18-26-17-28(49-22(4)39)12-13-34(26,29)6)25-10-9-24(16-25)20(2)8-11-31(41)46-14-15-47-33(42)35(36,37)51(43,44)45/h20,24-30,32H,7-19H2,1-6H3,(H,43,44,45)/t20-,24+,25-,26+,27?,28?,29+,30?,32+,34+/m1/s1. The number of alkyl halides is 2. The molecule has 0 aromatic carbocycles. The van der Waals surface area contributed by atoms with Crippen molar-refractivity contribution < 1.29 is 69.4 Å². The molecule has 16 heteroatoms. The lowest BCUT2D eigenvalue weighted by atomic mass is 9.48. The van der Waals surface area contributed by atoms with Crippen molar-refractivity contribution in [1.29, 1.82) is 0 Å². The number of fused-ring (bicyclic) bond motifs is 1. The Morgan fingerprint density at radius 1 is 0.922 bits per heavy atom. The molecule has 10 atom stereocenters. The predicted molar refractivity (Wildman–Crippen MR) is 176 cm³/mol. The molecule has 0 spiro atoms. The summed E-state index contributed by atoms with van der Waals surface area (Å²) in [7, 11) is -6.00. The molecule has 0 saturated heterocycles. The molecule has 13 nitrogen and oxygen atoms in total. The lowest BCUT2D eigenvalue weighted by molar-refractivity contribution is -0.183. The molecule has 3 aliphatic rings. The van der Waals surface area contributed by atoms with Crippen molar-refractivity contribution in [2.24, 2.45) is 40.9 Å². The molecule has 0 aliphatic heterocycles. The zero-order valence-corrected chi connectivity index (χ0v) is 31.2. The van der Waals surface area contributed by atoms with Gasteiger partial charge in [0.25, 0.3) is 0 Å². The molecule has 3 fully saturated rings. The Hall–Kier alpha value is -2.88. The van der Waals surface area contributed by atoms with Crippen molar-refractivity contribution in [3.05, 3.63) is 0 Å². The molecule has 3 saturated carbocycles. The van der Waals surface area contributed by atoms with Gasteiger partial charge in [0.1, 0.15) is 31.5 Å². The first kappa shape index (κ1) is 42.5. The van der Waals surface area contributed by atoms with Crippen LogP contribution in [-0.4, -0.2) is 79.6 Å². The fourth-order valence-electron chi connectivity index (χ4n) is 8.98. The minimum Gasteiger partial charge on any atom is -0.463 e. The highest BCUT2D eigenvalue weighted by atomic mass is 32.2. The van der Waals surface area contributed by atoms with Gasteiger partial charge in [-0.3, -0.25) is 23.7 Å². The Morgan fingerprint density at radius 2 is 1.57 bits per heavy atom. The molecule has 0 bridgehead atoms. The van der Waals surface area contributed by atoms with Gasteiger partial charge in [0.2, 0.25) is 0 Å². The Bertz CT molecular complexity index is 1370. The largest absolute Gasteiger partial charge is 0.465 e. The number of hydrogen-bond acceptors (Lipinski definition) is 12. The van der Waals surface area contributed by atoms with E-state index in [1.807, 2.05) is 13.8 Å². The molecule has 3 aliphatic carbocycles. The van der Waals surface area contributed by atoms with Crippen LogP contribution in [0.4, 0.5) is 8.78 Å². The van der Waals surface area contributed by atoms with Crippen LogP contribution in [0.3, 0.4) is 0 Å². The maximum Gasteiger partial charge on any atom is 0.465 e. The molecule has 0 amide bonds. The predicted octanol–water partition coefficient (Wildman–Crippen LogP) is 5.42. The summed E-state index contributed by atoms with van der Waals surface area (Å²) in [6, 6.07) is 0. The van der Waals surface area contributed by atoms with Gasteiger partial charge in [-0.1, -0.05) is 20.8 Å². The summed E-state index contributed by atoms with van der Waals surface area (Å²) >= 11 is 0. The van der Waals surface area contributed by atoms with Gasteiger partial charge in [-0.15, -0.1) is 0 Å². The minimum atomic E-state index is -6.00. The third kappa shape index (κ3) is 11.1. The number of carbonyl (C=O) groups excluding carboxylic acids is 5. The van der Waals surface area contributed by atoms with Crippen molar-refractivity contribution in [3.63, 3.8) is 0 Å². The molecule has 0 heterocycles. The molecule has 0 radical (unpaired) electrons. The van der Waals surface area contributed by atoms with E-state index in [0.29, 0.717) is 32.1 Å². The number of esters is 5. The molecule has 51 heavy (non-hydrogen) atoms. The second-order valence-electron chi connectivity index (χ2n) is 14.8. The Balaban J connectivity index is 1.69. The van der Waals surface area contributed by atoms with Gasteiger partial charge in [0.05, 0.1) is 0 Å². The highest BCUT2D eigenvalue weighted by molar-refractivity contribution is 7.87. The molecule has 0 aromatic heterocycles. The number of halogens is 2. The van der Waals surface area contributed by atoms with Crippen LogP contribution in [0, 0.1) is 40.9 Å². The van der Waals surface area contributed by atoms with Gasteiger partial charge in [-0.05, 0) is 99.2 Å². The number of hydrogen-bond donors (Lipinski definition) is 1. The van der Waals surface area contributed by atoms with E-state index in [9.17, 15) is 41.2 Å². The van der Waals surface area contributed by atoms with Crippen LogP contribution < -0.4 is 0 Å². The zero-order chi connectivity index (χ0) is 38.3. The lowest BCUT2D eigenvalue weighted by Gasteiger charge is -2.58. The SMILES string of the molecule is CCC(C[C@H]1[C@H]([C@@H]2CC[C@H]([C@H](C)CCC(=O)OCCOC(=O)C(F)(F)S(=O)(=O)O)C2)C(OC(C)=O)C[C@@H]2CC(OC(C)=O)CC[C@@]21C)OC(C)=O. The normalized spacial score (nSPS) is 30.6. The van der Waals surface area contributed by atoms with Crippen LogP contribution in [-0.2, 0) is 57.8 Å². The monoisotopic (exact) mass is 752 g/mol. The number of carbonyl (C=O) groups is 5. The smallest absolute Gasteiger partial charge is 0.463 e. The third-order valence-electron chi connectivity index (χ3n) is 11.5. The van der Waals surface area contributed by atoms with E-state index in [1.54, 1.807) is 0 Å². The van der Waals surface area contributed by atoms with Crippen LogP contribution in [0.2, 0.25) is 0 Å². The molecular formula is C35H54F2O13S. The highest BCUT2D eigenvalue weighted by Crippen LogP contribution is 2.61. The quantitative estimate of drug-likeness (QED) is 0.0912. The molecule has 292 valence electrons. The van der Waals surface area contributed by atoms with Crippen LogP contribution in [0.5, 0.6) is 0 Å². The van der Waals surface area contributed by atoms with E-state index in [1.165, 1.54) is 20.8 Å². The number of rotatable bonds is 16. The first-order chi connectivity index (χ1) is 23.7. The van der Waals surface area contributed by atoms with E-state index in [4.69, 9.17) is 23.5 Å². The summed E-state index contributed by atoms with van der Waals surface area (Å²) in [6.45, 7) is 9.15. The Labute approximate surface area is 298 Å². The maximum absolute atomic E-state index is 13.3. The summed E-state index contributed by atoms with van der Waals surface area (Å²) in [5.41, 5.74) is -0.171. The van der Waals surface area contributed by atoms with E-state index in [-0.39, 0.29) is 83.6 Å². The Morgan fingerprint density at radius 3 is 2.16 bits per heavy atom. The van der Waals surface area contributed by atoms with Crippen molar-refractivity contribution >= 4 is 40.0 Å². The third-order valence-corrected chi connectivity index (χ3v) is 12.3. The van der Waals surface area contributed by atoms with Gasteiger partial charge < -0.3 is 23.7 Å². The summed E-state index contributed by atoms with van der Waals surface area (Å²) in [6.07, 6.45) is 6.34. The van der Waals surface area contributed by atoms with E-state index < -0.39 is 40.5 Å². The van der Waals surface area contributed by atoms with Gasteiger partial charge in [-0.25, -0.2) is 4.79 Å².